The highest BCUT2D eigenvalue weighted by atomic mass is 16.3. The van der Waals surface area contributed by atoms with E-state index < -0.39 is 5.60 Å². The van der Waals surface area contributed by atoms with Gasteiger partial charge in [-0.1, -0.05) is 19.8 Å². The van der Waals surface area contributed by atoms with Crippen LogP contribution in [0.2, 0.25) is 0 Å². The summed E-state index contributed by atoms with van der Waals surface area (Å²) < 4.78 is 0. The van der Waals surface area contributed by atoms with E-state index in [4.69, 9.17) is 0 Å². The fourth-order valence-electron chi connectivity index (χ4n) is 3.91. The molecule has 3 nitrogen and oxygen atoms in total. The number of carbonyl (C=O) groups is 1. The van der Waals surface area contributed by atoms with Crippen molar-refractivity contribution in [1.82, 2.24) is 4.90 Å². The molecule has 0 aromatic rings. The van der Waals surface area contributed by atoms with Gasteiger partial charge in [-0.05, 0) is 51.5 Å². The number of hydrogen-bond acceptors (Lipinski definition) is 3. The molecule has 0 radical (unpaired) electrons. The third kappa shape index (κ3) is 4.03. The molecule has 110 valence electrons. The van der Waals surface area contributed by atoms with E-state index in [0.717, 1.165) is 51.7 Å². The maximum absolute atomic E-state index is 11.6. The largest absolute Gasteiger partial charge is 0.390 e. The van der Waals surface area contributed by atoms with Crippen LogP contribution >= 0.6 is 0 Å². The van der Waals surface area contributed by atoms with Gasteiger partial charge in [-0.15, -0.1) is 0 Å². The number of rotatable bonds is 3. The lowest BCUT2D eigenvalue weighted by Gasteiger charge is -2.39. The molecule has 19 heavy (non-hydrogen) atoms. The summed E-state index contributed by atoms with van der Waals surface area (Å²) in [5.74, 6) is 0.675. The molecule has 0 spiro atoms. The van der Waals surface area contributed by atoms with Crippen molar-refractivity contribution >= 4 is 6.29 Å². The molecule has 1 heterocycles. The van der Waals surface area contributed by atoms with Crippen molar-refractivity contribution in [3.8, 4) is 0 Å². The smallest absolute Gasteiger partial charge is 0.127 e. The highest BCUT2D eigenvalue weighted by molar-refractivity contribution is 5.60. The zero-order valence-corrected chi connectivity index (χ0v) is 12.5. The summed E-state index contributed by atoms with van der Waals surface area (Å²) in [7, 11) is 0. The second kappa shape index (κ2) is 5.92. The lowest BCUT2D eigenvalue weighted by atomic mass is 9.70. The van der Waals surface area contributed by atoms with Crippen LogP contribution in [0.25, 0.3) is 0 Å². The Hall–Kier alpha value is -0.410. The van der Waals surface area contributed by atoms with Gasteiger partial charge >= 0.3 is 0 Å². The van der Waals surface area contributed by atoms with Crippen LogP contribution in [0.1, 0.15) is 58.8 Å². The van der Waals surface area contributed by atoms with E-state index in [1.807, 2.05) is 6.92 Å². The van der Waals surface area contributed by atoms with Crippen LogP contribution < -0.4 is 0 Å². The van der Waals surface area contributed by atoms with E-state index >= 15 is 0 Å². The van der Waals surface area contributed by atoms with Gasteiger partial charge in [-0.25, -0.2) is 0 Å². The van der Waals surface area contributed by atoms with Gasteiger partial charge in [0.25, 0.3) is 0 Å². The fourth-order valence-corrected chi connectivity index (χ4v) is 3.91. The average molecular weight is 267 g/mol. The summed E-state index contributed by atoms with van der Waals surface area (Å²) >= 11 is 0. The molecule has 2 rings (SSSR count). The van der Waals surface area contributed by atoms with Gasteiger partial charge in [0.2, 0.25) is 0 Å². The number of carbonyl (C=O) groups excluding carboxylic acids is 1. The quantitative estimate of drug-likeness (QED) is 0.799. The standard InChI is InChI=1S/C16H29NO2/c1-14-5-3-7-16(11-14,13-18)12-17-9-4-6-15(2,19)8-10-17/h13-14,19H,3-12H2,1-2H3. The van der Waals surface area contributed by atoms with Crippen LogP contribution in [-0.2, 0) is 4.79 Å². The Bertz CT molecular complexity index is 316. The van der Waals surface area contributed by atoms with E-state index in [-0.39, 0.29) is 5.41 Å². The fraction of sp³-hybridized carbons (Fsp3) is 0.938. The Morgan fingerprint density at radius 1 is 1.26 bits per heavy atom. The van der Waals surface area contributed by atoms with Gasteiger partial charge < -0.3 is 14.8 Å². The van der Waals surface area contributed by atoms with E-state index in [2.05, 4.69) is 11.8 Å². The molecule has 3 unspecified atom stereocenters. The van der Waals surface area contributed by atoms with Gasteiger partial charge in [-0.2, -0.15) is 0 Å². The monoisotopic (exact) mass is 267 g/mol. The van der Waals surface area contributed by atoms with Gasteiger partial charge in [0.15, 0.2) is 0 Å². The number of hydrogen-bond donors (Lipinski definition) is 1. The highest BCUT2D eigenvalue weighted by Crippen LogP contribution is 2.39. The summed E-state index contributed by atoms with van der Waals surface area (Å²) in [4.78, 5) is 14.0. The van der Waals surface area contributed by atoms with E-state index in [1.165, 1.54) is 19.1 Å². The summed E-state index contributed by atoms with van der Waals surface area (Å²) in [5.41, 5.74) is -0.628. The predicted octanol–water partition coefficient (Wildman–Crippen LogP) is 2.62. The molecule has 2 fully saturated rings. The third-order valence-electron chi connectivity index (χ3n) is 5.07. The lowest BCUT2D eigenvalue weighted by Crippen LogP contribution is -2.42. The summed E-state index contributed by atoms with van der Waals surface area (Å²) in [6, 6.07) is 0. The van der Waals surface area contributed by atoms with Crippen molar-refractivity contribution in [2.45, 2.75) is 64.4 Å². The van der Waals surface area contributed by atoms with Gasteiger partial charge in [-0.3, -0.25) is 0 Å². The van der Waals surface area contributed by atoms with Crippen molar-refractivity contribution in [2.75, 3.05) is 19.6 Å². The molecular formula is C16H29NO2. The van der Waals surface area contributed by atoms with E-state index in [9.17, 15) is 9.90 Å². The van der Waals surface area contributed by atoms with Crippen molar-refractivity contribution in [2.24, 2.45) is 11.3 Å². The Balaban J connectivity index is 1.96. The van der Waals surface area contributed by atoms with Gasteiger partial charge in [0.05, 0.1) is 5.60 Å². The first-order valence-corrected chi connectivity index (χ1v) is 7.86. The Morgan fingerprint density at radius 2 is 2.05 bits per heavy atom. The van der Waals surface area contributed by atoms with Crippen LogP contribution in [0, 0.1) is 11.3 Å². The van der Waals surface area contributed by atoms with Crippen LogP contribution in [0.15, 0.2) is 0 Å². The maximum Gasteiger partial charge on any atom is 0.127 e. The molecule has 1 aliphatic carbocycles. The second-order valence-electron chi connectivity index (χ2n) is 7.31. The summed E-state index contributed by atoms with van der Waals surface area (Å²) in [5, 5.41) is 10.1. The first-order valence-electron chi connectivity index (χ1n) is 7.86. The zero-order valence-electron chi connectivity index (χ0n) is 12.5. The third-order valence-corrected chi connectivity index (χ3v) is 5.07. The zero-order chi connectivity index (χ0) is 13.9. The Labute approximate surface area is 117 Å². The molecular weight excluding hydrogens is 238 g/mol. The molecule has 1 saturated heterocycles. The number of aliphatic hydroxyl groups is 1. The minimum absolute atomic E-state index is 0.117. The average Bonchev–Trinajstić information content (AvgIpc) is 2.51. The van der Waals surface area contributed by atoms with Gasteiger partial charge in [0, 0.05) is 18.5 Å². The number of aldehydes is 1. The molecule has 3 heteroatoms. The SMILES string of the molecule is CC1CCCC(C=O)(CN2CCCC(C)(O)CC2)C1. The van der Waals surface area contributed by atoms with Crippen LogP contribution in [0.5, 0.6) is 0 Å². The van der Waals surface area contributed by atoms with Crippen LogP contribution in [0.3, 0.4) is 0 Å². The van der Waals surface area contributed by atoms with Crippen LogP contribution in [-0.4, -0.2) is 41.5 Å². The second-order valence-corrected chi connectivity index (χ2v) is 7.31. The lowest BCUT2D eigenvalue weighted by molar-refractivity contribution is -0.120. The molecule has 3 atom stereocenters. The Morgan fingerprint density at radius 3 is 2.74 bits per heavy atom. The highest BCUT2D eigenvalue weighted by Gasteiger charge is 2.37. The first-order chi connectivity index (χ1) is 8.95. The predicted molar refractivity (Wildman–Crippen MR) is 77.0 cm³/mol. The topological polar surface area (TPSA) is 40.5 Å². The van der Waals surface area contributed by atoms with Crippen molar-refractivity contribution < 1.29 is 9.90 Å². The van der Waals surface area contributed by atoms with Crippen molar-refractivity contribution in [3.05, 3.63) is 0 Å². The molecule has 0 amide bonds. The Kier molecular flexibility index (Phi) is 4.67. The maximum atomic E-state index is 11.6. The molecule has 1 N–H and O–H groups in total. The van der Waals surface area contributed by atoms with E-state index in [0.29, 0.717) is 5.92 Å². The summed E-state index contributed by atoms with van der Waals surface area (Å²) in [6.45, 7) is 7.06. The summed E-state index contributed by atoms with van der Waals surface area (Å²) in [6.07, 6.45) is 8.53. The number of likely N-dealkylation sites (tertiary alicyclic amines) is 1. The molecule has 1 saturated carbocycles. The molecule has 1 aliphatic heterocycles. The molecule has 2 aliphatic rings. The van der Waals surface area contributed by atoms with Gasteiger partial charge in [0.1, 0.15) is 6.29 Å². The first kappa shape index (κ1) is 15.0. The van der Waals surface area contributed by atoms with E-state index in [1.54, 1.807) is 0 Å². The normalized spacial score (nSPS) is 41.7. The molecule has 0 aromatic heterocycles. The van der Waals surface area contributed by atoms with Crippen molar-refractivity contribution in [3.63, 3.8) is 0 Å². The van der Waals surface area contributed by atoms with Crippen LogP contribution in [0.4, 0.5) is 0 Å². The number of nitrogens with zero attached hydrogens (tertiary/aromatic N) is 1. The minimum atomic E-state index is -0.511. The van der Waals surface area contributed by atoms with Crippen molar-refractivity contribution in [1.29, 1.82) is 0 Å². The minimum Gasteiger partial charge on any atom is -0.390 e. The molecule has 0 bridgehead atoms. The molecule has 0 aromatic carbocycles.